The fourth-order valence-corrected chi connectivity index (χ4v) is 2.47. The molecule has 17 heavy (non-hydrogen) atoms. The summed E-state index contributed by atoms with van der Waals surface area (Å²) < 4.78 is 27.3. The Morgan fingerprint density at radius 3 is 2.53 bits per heavy atom. The molecule has 90 valence electrons. The highest BCUT2D eigenvalue weighted by atomic mass is 79.9. The fourth-order valence-electron chi connectivity index (χ4n) is 1.36. The molecule has 0 bridgehead atoms. The molecule has 0 unspecified atom stereocenters. The van der Waals surface area contributed by atoms with E-state index in [9.17, 15) is 8.78 Å². The first-order valence-electron chi connectivity index (χ1n) is 4.85. The summed E-state index contributed by atoms with van der Waals surface area (Å²) in [5.41, 5.74) is 0.782. The van der Waals surface area contributed by atoms with Gasteiger partial charge in [0.2, 0.25) is 0 Å². The number of aromatic nitrogens is 1. The number of aryl methyl sites for hydroxylation is 1. The number of thiazole rings is 1. The van der Waals surface area contributed by atoms with Crippen LogP contribution in [0.1, 0.15) is 10.7 Å². The van der Waals surface area contributed by atoms with E-state index in [0.717, 1.165) is 10.7 Å². The third-order valence-electron chi connectivity index (χ3n) is 2.09. The Hall–Kier alpha value is -1.01. The maximum absolute atomic E-state index is 13.5. The molecular formula is C11H9BrF2N2S. The van der Waals surface area contributed by atoms with Gasteiger partial charge in [0, 0.05) is 15.5 Å². The zero-order valence-corrected chi connectivity index (χ0v) is 11.3. The van der Waals surface area contributed by atoms with Gasteiger partial charge < -0.3 is 5.32 Å². The van der Waals surface area contributed by atoms with Gasteiger partial charge in [-0.25, -0.2) is 13.8 Å². The molecule has 0 saturated heterocycles. The molecule has 0 saturated carbocycles. The van der Waals surface area contributed by atoms with E-state index in [-0.39, 0.29) is 5.69 Å². The Bertz CT molecular complexity index is 519. The Morgan fingerprint density at radius 1 is 1.35 bits per heavy atom. The average Bonchev–Trinajstić information content (AvgIpc) is 2.62. The van der Waals surface area contributed by atoms with Gasteiger partial charge in [0.1, 0.15) is 22.3 Å². The molecule has 1 N–H and O–H groups in total. The Labute approximate surface area is 110 Å². The molecule has 0 spiro atoms. The molecule has 2 nitrogen and oxygen atoms in total. The summed E-state index contributed by atoms with van der Waals surface area (Å²) in [5.74, 6) is -1.24. The summed E-state index contributed by atoms with van der Waals surface area (Å²) in [5, 5.41) is 5.40. The number of nitrogens with one attached hydrogen (secondary N) is 1. The number of hydrogen-bond donors (Lipinski definition) is 1. The highest BCUT2D eigenvalue weighted by Crippen LogP contribution is 2.24. The number of rotatable bonds is 3. The molecule has 0 aliphatic heterocycles. The first-order chi connectivity index (χ1) is 8.06. The van der Waals surface area contributed by atoms with Crippen LogP contribution in [0.25, 0.3) is 0 Å². The lowest BCUT2D eigenvalue weighted by atomic mass is 10.3. The summed E-state index contributed by atoms with van der Waals surface area (Å²) in [6, 6.07) is 2.44. The highest BCUT2D eigenvalue weighted by Gasteiger charge is 2.10. The zero-order chi connectivity index (χ0) is 12.4. The van der Waals surface area contributed by atoms with E-state index in [1.165, 1.54) is 23.5 Å². The largest absolute Gasteiger partial charge is 0.374 e. The van der Waals surface area contributed by atoms with Gasteiger partial charge in [-0.05, 0) is 19.1 Å². The standard InChI is InChI=1S/C11H9BrF2N2S/c1-6-5-17-10(16-6)4-15-11-8(13)2-7(12)3-9(11)14/h2-3,5,15H,4H2,1H3. The van der Waals surface area contributed by atoms with E-state index in [1.807, 2.05) is 12.3 Å². The van der Waals surface area contributed by atoms with Crippen molar-refractivity contribution >= 4 is 33.0 Å². The third-order valence-corrected chi connectivity index (χ3v) is 3.51. The monoisotopic (exact) mass is 318 g/mol. The molecule has 0 amide bonds. The van der Waals surface area contributed by atoms with Crippen molar-refractivity contribution in [3.63, 3.8) is 0 Å². The summed E-state index contributed by atoms with van der Waals surface area (Å²) in [7, 11) is 0. The predicted octanol–water partition coefficient (Wildman–Crippen LogP) is 4.10. The number of anilines is 1. The van der Waals surface area contributed by atoms with Crippen molar-refractivity contribution in [1.82, 2.24) is 4.98 Å². The zero-order valence-electron chi connectivity index (χ0n) is 8.93. The van der Waals surface area contributed by atoms with Gasteiger partial charge >= 0.3 is 0 Å². The summed E-state index contributed by atoms with van der Waals surface area (Å²) in [4.78, 5) is 4.20. The van der Waals surface area contributed by atoms with Crippen LogP contribution >= 0.6 is 27.3 Å². The molecule has 6 heteroatoms. The topological polar surface area (TPSA) is 24.9 Å². The van der Waals surface area contributed by atoms with E-state index in [4.69, 9.17) is 0 Å². The van der Waals surface area contributed by atoms with Gasteiger partial charge in [0.25, 0.3) is 0 Å². The molecular weight excluding hydrogens is 310 g/mol. The molecule has 0 aliphatic carbocycles. The second-order valence-electron chi connectivity index (χ2n) is 3.48. The SMILES string of the molecule is Cc1csc(CNc2c(F)cc(Br)cc2F)n1. The van der Waals surface area contributed by atoms with Crippen LogP contribution in [0, 0.1) is 18.6 Å². The Morgan fingerprint density at radius 2 is 2.00 bits per heavy atom. The van der Waals surface area contributed by atoms with Gasteiger partial charge in [-0.1, -0.05) is 15.9 Å². The van der Waals surface area contributed by atoms with Crippen molar-refractivity contribution < 1.29 is 8.78 Å². The molecule has 1 heterocycles. The van der Waals surface area contributed by atoms with Gasteiger partial charge in [-0.15, -0.1) is 11.3 Å². The number of halogens is 3. The molecule has 0 aliphatic rings. The van der Waals surface area contributed by atoms with E-state index < -0.39 is 11.6 Å². The van der Waals surface area contributed by atoms with E-state index in [2.05, 4.69) is 26.2 Å². The lowest BCUT2D eigenvalue weighted by Crippen LogP contribution is -2.03. The van der Waals surface area contributed by atoms with Gasteiger partial charge in [-0.2, -0.15) is 0 Å². The van der Waals surface area contributed by atoms with E-state index in [1.54, 1.807) is 0 Å². The molecule has 1 aromatic carbocycles. The highest BCUT2D eigenvalue weighted by molar-refractivity contribution is 9.10. The summed E-state index contributed by atoms with van der Waals surface area (Å²) >= 11 is 4.48. The molecule has 2 aromatic rings. The third kappa shape index (κ3) is 3.01. The summed E-state index contributed by atoms with van der Waals surface area (Å²) in [6.07, 6.45) is 0. The molecule has 2 rings (SSSR count). The maximum atomic E-state index is 13.5. The van der Waals surface area contributed by atoms with Gasteiger partial charge in [0.05, 0.1) is 6.54 Å². The fraction of sp³-hybridized carbons (Fsp3) is 0.182. The molecule has 1 aromatic heterocycles. The quantitative estimate of drug-likeness (QED) is 0.921. The van der Waals surface area contributed by atoms with Crippen LogP contribution in [0.3, 0.4) is 0 Å². The van der Waals surface area contributed by atoms with Crippen LogP contribution in [0.2, 0.25) is 0 Å². The van der Waals surface area contributed by atoms with Crippen LogP contribution < -0.4 is 5.32 Å². The van der Waals surface area contributed by atoms with Crippen LogP contribution in [-0.2, 0) is 6.54 Å². The summed E-state index contributed by atoms with van der Waals surface area (Å²) in [6.45, 7) is 2.19. The van der Waals surface area contributed by atoms with Gasteiger partial charge in [-0.3, -0.25) is 0 Å². The van der Waals surface area contributed by atoms with Crippen molar-refractivity contribution in [3.8, 4) is 0 Å². The smallest absolute Gasteiger partial charge is 0.150 e. The Balaban J connectivity index is 2.14. The first kappa shape index (κ1) is 12.4. The molecule has 0 radical (unpaired) electrons. The van der Waals surface area contributed by atoms with Crippen molar-refractivity contribution in [2.75, 3.05) is 5.32 Å². The van der Waals surface area contributed by atoms with Crippen molar-refractivity contribution in [1.29, 1.82) is 0 Å². The van der Waals surface area contributed by atoms with Gasteiger partial charge in [0.15, 0.2) is 0 Å². The van der Waals surface area contributed by atoms with Crippen LogP contribution in [0.5, 0.6) is 0 Å². The van der Waals surface area contributed by atoms with Crippen molar-refractivity contribution in [2.24, 2.45) is 0 Å². The minimum atomic E-state index is -0.620. The number of hydrogen-bond acceptors (Lipinski definition) is 3. The van der Waals surface area contributed by atoms with Crippen molar-refractivity contribution in [3.05, 3.63) is 44.3 Å². The minimum absolute atomic E-state index is 0.124. The van der Waals surface area contributed by atoms with Crippen LogP contribution in [-0.4, -0.2) is 4.98 Å². The minimum Gasteiger partial charge on any atom is -0.374 e. The molecule has 0 fully saturated rings. The number of benzene rings is 1. The number of nitrogens with zero attached hydrogens (tertiary/aromatic N) is 1. The van der Waals surface area contributed by atoms with Crippen LogP contribution in [0.4, 0.5) is 14.5 Å². The Kier molecular flexibility index (Phi) is 3.73. The van der Waals surface area contributed by atoms with Crippen molar-refractivity contribution in [2.45, 2.75) is 13.5 Å². The van der Waals surface area contributed by atoms with E-state index in [0.29, 0.717) is 11.0 Å². The van der Waals surface area contributed by atoms with E-state index >= 15 is 0 Å². The average molecular weight is 319 g/mol. The second-order valence-corrected chi connectivity index (χ2v) is 5.34. The maximum Gasteiger partial charge on any atom is 0.150 e. The predicted molar refractivity (Wildman–Crippen MR) is 68.2 cm³/mol. The first-order valence-corrected chi connectivity index (χ1v) is 6.53. The van der Waals surface area contributed by atoms with Crippen LogP contribution in [0.15, 0.2) is 22.0 Å². The lowest BCUT2D eigenvalue weighted by Gasteiger charge is -2.07. The normalized spacial score (nSPS) is 10.6. The molecule has 0 atom stereocenters. The lowest BCUT2D eigenvalue weighted by molar-refractivity contribution is 0.586. The second kappa shape index (κ2) is 5.10.